The highest BCUT2D eigenvalue weighted by Crippen LogP contribution is 2.40. The molecule has 278 valence electrons. The van der Waals surface area contributed by atoms with Crippen molar-refractivity contribution in [1.29, 1.82) is 0 Å². The fourth-order valence-corrected chi connectivity index (χ4v) is 6.93. The molecular weight excluding hydrogens is 652 g/mol. The van der Waals surface area contributed by atoms with Gasteiger partial charge in [-0.1, -0.05) is 26.5 Å². The lowest BCUT2D eigenvalue weighted by Crippen LogP contribution is -2.38. The van der Waals surface area contributed by atoms with E-state index in [2.05, 4.69) is 88.0 Å². The lowest BCUT2D eigenvalue weighted by atomic mass is 9.87. The van der Waals surface area contributed by atoms with E-state index in [4.69, 9.17) is 24.5 Å². The number of fused-ring (bicyclic) bond motifs is 5. The topological polar surface area (TPSA) is 108 Å². The molecule has 52 heavy (non-hydrogen) atoms. The zero-order chi connectivity index (χ0) is 38.1. The summed E-state index contributed by atoms with van der Waals surface area (Å²) in [5.74, 6) is -0.664. The van der Waals surface area contributed by atoms with E-state index < -0.39 is 5.95 Å². The van der Waals surface area contributed by atoms with Gasteiger partial charge in [-0.2, -0.15) is 0 Å². The predicted molar refractivity (Wildman–Crippen MR) is 208 cm³/mol. The summed E-state index contributed by atoms with van der Waals surface area (Å²) in [4.78, 5) is 28.2. The van der Waals surface area contributed by atoms with Crippen molar-refractivity contribution in [2.24, 2.45) is 26.8 Å². The van der Waals surface area contributed by atoms with E-state index in [0.29, 0.717) is 45.5 Å². The largest absolute Gasteiger partial charge is 0.607 e. The number of nitrogens with one attached hydrogen (secondary N) is 1. The molecule has 5 aliphatic heterocycles. The maximum Gasteiger partial charge on any atom is 0.306 e. The van der Waals surface area contributed by atoms with Gasteiger partial charge in [0, 0.05) is 47.4 Å². The maximum atomic E-state index is 13.9. The summed E-state index contributed by atoms with van der Waals surface area (Å²) in [5, 5.41) is 17.5. The first-order chi connectivity index (χ1) is 24.4. The third-order valence-corrected chi connectivity index (χ3v) is 10.3. The van der Waals surface area contributed by atoms with E-state index in [1.54, 1.807) is 0 Å². The van der Waals surface area contributed by atoms with Crippen molar-refractivity contribution < 1.29 is 28.3 Å². The fraction of sp³-hybridized carbons (Fsp3) is 0.476. The molecule has 0 radical (unpaired) electrons. The van der Waals surface area contributed by atoms with Crippen LogP contribution in [-0.4, -0.2) is 101 Å². The molecule has 0 unspecified atom stereocenters. The Morgan fingerprint density at radius 3 is 2.10 bits per heavy atom. The molecule has 1 N–H and O–H groups in total. The summed E-state index contributed by atoms with van der Waals surface area (Å²) < 4.78 is 12.9. The van der Waals surface area contributed by atoms with Crippen molar-refractivity contribution in [3.63, 3.8) is 0 Å². The second-order valence-corrected chi connectivity index (χ2v) is 16.3. The predicted octanol–water partition coefficient (Wildman–Crippen LogP) is 5.58. The molecule has 0 spiro atoms. The van der Waals surface area contributed by atoms with Crippen molar-refractivity contribution in [1.82, 2.24) is 5.32 Å². The molecule has 0 aromatic heterocycles. The van der Waals surface area contributed by atoms with E-state index in [0.717, 1.165) is 75.0 Å². The van der Waals surface area contributed by atoms with E-state index >= 15 is 0 Å². The molecule has 10 nitrogen and oxygen atoms in total. The van der Waals surface area contributed by atoms with Crippen LogP contribution in [0.3, 0.4) is 0 Å². The maximum absolute atomic E-state index is 13.9. The Balaban J connectivity index is 1.64. The minimum absolute atomic E-state index is 0.0203. The Morgan fingerprint density at radius 2 is 1.46 bits per heavy atom. The summed E-state index contributed by atoms with van der Waals surface area (Å²) in [5.41, 5.74) is 11.8. The molecule has 0 aliphatic carbocycles. The first kappa shape index (κ1) is 38.7. The zero-order valence-corrected chi connectivity index (χ0v) is 33.1. The number of hydrogen-bond donors (Lipinski definition) is 1. The Labute approximate surface area is 310 Å². The van der Waals surface area contributed by atoms with E-state index in [1.807, 2.05) is 31.2 Å². The van der Waals surface area contributed by atoms with Gasteiger partial charge in [-0.15, -0.1) is 0 Å². The molecule has 5 heterocycles. The molecule has 2 atom stereocenters. The zero-order valence-electron chi connectivity index (χ0n) is 33.1. The summed E-state index contributed by atoms with van der Waals surface area (Å²) in [6.07, 6.45) is 11.6. The van der Waals surface area contributed by atoms with Gasteiger partial charge >= 0.3 is 5.97 Å². The van der Waals surface area contributed by atoms with Crippen LogP contribution >= 0.6 is 0 Å². The lowest BCUT2D eigenvalue weighted by Gasteiger charge is -2.27. The first-order valence-electron chi connectivity index (χ1n) is 18.4. The van der Waals surface area contributed by atoms with Crippen molar-refractivity contribution in [2.75, 3.05) is 68.6 Å². The molecule has 10 heteroatoms. The van der Waals surface area contributed by atoms with Gasteiger partial charge in [0.1, 0.15) is 13.2 Å². The SMILES string of the molecule is C=CC1=C(C)C2=NC1=CC1=NC(=CC3=C(C)C(=C([O-])OCC[N+](C)(C)C)C(=N3)C=C3NC(=C2)[C@@H](C)[C@@H]3CCC(=O)OCC[N+](C)(C)C)C(CC)=C1C. The average Bonchev–Trinajstić information content (AvgIpc) is 3.71. The van der Waals surface area contributed by atoms with Crippen LogP contribution in [0.25, 0.3) is 0 Å². The third-order valence-electron chi connectivity index (χ3n) is 10.3. The van der Waals surface area contributed by atoms with E-state index in [9.17, 15) is 9.90 Å². The first-order valence-corrected chi connectivity index (χ1v) is 18.4. The third kappa shape index (κ3) is 8.56. The fourth-order valence-electron chi connectivity index (χ4n) is 6.93. The standard InChI is InChI=1S/C42H57N6O4/c1-13-29-25(3)32-21-33-27(5)31(15-16-40(49)51-19-17-47(7,8)9)38(45-33)24-39-41(42(50)52-20-18-48(10,11)12)28(6)35(46-39)23-37-30(14-2)26(4)34(44-37)22-36(29)43-32/h13,21-24,27,31H,1,14-20H2,2-12H3,(H-,43,44,45,46,50)/q+1/t27-,31-/m0/s1. The molecule has 5 aliphatic rings. The van der Waals surface area contributed by atoms with Crippen LogP contribution in [0.2, 0.25) is 0 Å². The van der Waals surface area contributed by atoms with Gasteiger partial charge in [0.25, 0.3) is 0 Å². The number of carbonyl (C=O) groups is 1. The monoisotopic (exact) mass is 709 g/mol. The molecule has 1 fully saturated rings. The molecule has 0 saturated carbocycles. The molecule has 8 bridgehead atoms. The summed E-state index contributed by atoms with van der Waals surface area (Å²) in [7, 11) is 12.4. The van der Waals surface area contributed by atoms with Crippen LogP contribution in [0.1, 0.15) is 53.9 Å². The van der Waals surface area contributed by atoms with Crippen LogP contribution in [0.4, 0.5) is 0 Å². The smallest absolute Gasteiger partial charge is 0.306 e. The van der Waals surface area contributed by atoms with Crippen molar-refractivity contribution in [3.05, 3.63) is 105 Å². The Morgan fingerprint density at radius 1 is 0.846 bits per heavy atom. The highest BCUT2D eigenvalue weighted by Gasteiger charge is 2.35. The number of likely N-dealkylation sites (N-methyl/N-ethyl adjacent to an activating group) is 2. The average molecular weight is 710 g/mol. The molecule has 0 aromatic carbocycles. The number of nitrogens with zero attached hydrogens (tertiary/aromatic N) is 5. The molecule has 5 rings (SSSR count). The van der Waals surface area contributed by atoms with Crippen LogP contribution in [0.15, 0.2) is 120 Å². The molecular formula is C42H57N6O4+. The number of ether oxygens (including phenoxy) is 2. The lowest BCUT2D eigenvalue weighted by molar-refractivity contribution is -0.870. The number of hydrogen-bond acceptors (Lipinski definition) is 8. The van der Waals surface area contributed by atoms with Gasteiger partial charge in [0.2, 0.25) is 0 Å². The van der Waals surface area contributed by atoms with Gasteiger partial charge in [-0.3, -0.25) is 4.79 Å². The van der Waals surface area contributed by atoms with Crippen molar-refractivity contribution in [2.45, 2.75) is 53.9 Å². The van der Waals surface area contributed by atoms with Gasteiger partial charge < -0.3 is 28.9 Å². The normalized spacial score (nSPS) is 22.7. The molecule has 0 amide bonds. The van der Waals surface area contributed by atoms with Gasteiger partial charge in [-0.25, -0.2) is 15.0 Å². The highest BCUT2D eigenvalue weighted by atomic mass is 16.6. The van der Waals surface area contributed by atoms with Gasteiger partial charge in [-0.05, 0) is 80.2 Å². The number of aliphatic imine (C=N–C) groups is 3. The Hall–Kier alpha value is -4.54. The number of carbonyl (C=O) groups excluding carboxylic acids is 1. The quantitative estimate of drug-likeness (QED) is 0.162. The summed E-state index contributed by atoms with van der Waals surface area (Å²) >= 11 is 0. The molecule has 1 saturated heterocycles. The summed E-state index contributed by atoms with van der Waals surface area (Å²) in [6, 6.07) is 0. The second kappa shape index (κ2) is 15.2. The number of esters is 1. The van der Waals surface area contributed by atoms with E-state index in [1.165, 1.54) is 0 Å². The van der Waals surface area contributed by atoms with Gasteiger partial charge in [0.15, 0.2) is 0 Å². The Kier molecular flexibility index (Phi) is 11.3. The number of allylic oxidation sites excluding steroid dienone is 12. The summed E-state index contributed by atoms with van der Waals surface area (Å²) in [6.45, 7) is 16.6. The highest BCUT2D eigenvalue weighted by molar-refractivity contribution is 6.17. The minimum Gasteiger partial charge on any atom is -0.607 e. The second-order valence-electron chi connectivity index (χ2n) is 16.3. The minimum atomic E-state index is -0.403. The van der Waals surface area contributed by atoms with Crippen LogP contribution < -0.4 is 10.4 Å². The molecule has 0 aromatic rings. The van der Waals surface area contributed by atoms with Crippen LogP contribution in [0, 0.1) is 11.8 Å². The van der Waals surface area contributed by atoms with Gasteiger partial charge in [0.05, 0.1) is 89.0 Å². The van der Waals surface area contributed by atoms with Crippen LogP contribution in [0.5, 0.6) is 0 Å². The number of rotatable bonds is 12. The van der Waals surface area contributed by atoms with Crippen LogP contribution in [-0.2, 0) is 14.3 Å². The Bertz CT molecular complexity index is 1890. The van der Waals surface area contributed by atoms with Crippen molar-refractivity contribution in [3.8, 4) is 0 Å². The number of quaternary nitrogens is 2. The van der Waals surface area contributed by atoms with Crippen molar-refractivity contribution >= 4 is 23.1 Å². The van der Waals surface area contributed by atoms with E-state index in [-0.39, 0.29) is 30.8 Å².